The highest BCUT2D eigenvalue weighted by Crippen LogP contribution is 2.35. The number of hydrogen-bond donors (Lipinski definition) is 2. The lowest BCUT2D eigenvalue weighted by molar-refractivity contribution is 0.0531. The number of ether oxygens (including phenoxy) is 1. The fourth-order valence-corrected chi connectivity index (χ4v) is 3.71. The summed E-state index contributed by atoms with van der Waals surface area (Å²) in [6, 6.07) is 6.83. The van der Waals surface area contributed by atoms with Gasteiger partial charge in [0.15, 0.2) is 5.96 Å². The van der Waals surface area contributed by atoms with Crippen LogP contribution in [0.3, 0.4) is 0 Å². The first-order valence-electron chi connectivity index (χ1n) is 10.4. The molecule has 2 aromatic rings. The zero-order chi connectivity index (χ0) is 20.5. The number of guanidine groups is 1. The van der Waals surface area contributed by atoms with Gasteiger partial charge in [0.05, 0.1) is 6.54 Å². The molecule has 158 valence electrons. The van der Waals surface area contributed by atoms with Crippen LogP contribution in [-0.4, -0.2) is 53.6 Å². The summed E-state index contributed by atoms with van der Waals surface area (Å²) < 4.78 is 21.1. The molecule has 0 aliphatic carbocycles. The molecule has 1 saturated heterocycles. The summed E-state index contributed by atoms with van der Waals surface area (Å²) in [4.78, 5) is 4.87. The second-order valence-electron chi connectivity index (χ2n) is 7.32. The molecular formula is C21H31FN6O. The van der Waals surface area contributed by atoms with Crippen molar-refractivity contribution >= 4 is 5.96 Å². The van der Waals surface area contributed by atoms with Gasteiger partial charge in [-0.05, 0) is 37.5 Å². The summed E-state index contributed by atoms with van der Waals surface area (Å²) in [6.45, 7) is 8.43. The van der Waals surface area contributed by atoms with Crippen LogP contribution in [0.15, 0.2) is 35.6 Å². The van der Waals surface area contributed by atoms with Gasteiger partial charge in [0, 0.05) is 44.7 Å². The predicted octanol–water partition coefficient (Wildman–Crippen LogP) is 2.28. The van der Waals surface area contributed by atoms with E-state index in [0.29, 0.717) is 19.8 Å². The zero-order valence-corrected chi connectivity index (χ0v) is 17.3. The normalized spacial score (nSPS) is 16.6. The predicted molar refractivity (Wildman–Crippen MR) is 112 cm³/mol. The molecule has 0 amide bonds. The van der Waals surface area contributed by atoms with Crippen LogP contribution in [0.1, 0.15) is 38.1 Å². The van der Waals surface area contributed by atoms with Gasteiger partial charge in [0.1, 0.15) is 18.0 Å². The van der Waals surface area contributed by atoms with E-state index in [2.05, 4.69) is 39.2 Å². The number of nitrogens with one attached hydrogen (secondary N) is 2. The Balaban J connectivity index is 1.68. The van der Waals surface area contributed by atoms with Crippen molar-refractivity contribution in [3.8, 4) is 0 Å². The maximum absolute atomic E-state index is 13.4. The molecule has 0 unspecified atom stereocenters. The van der Waals surface area contributed by atoms with Crippen LogP contribution in [0.5, 0.6) is 0 Å². The van der Waals surface area contributed by atoms with E-state index in [1.807, 2.05) is 12.1 Å². The molecule has 8 heteroatoms. The van der Waals surface area contributed by atoms with E-state index in [1.165, 1.54) is 12.1 Å². The number of benzene rings is 1. The molecular weight excluding hydrogens is 371 g/mol. The van der Waals surface area contributed by atoms with Gasteiger partial charge in [-0.2, -0.15) is 0 Å². The number of hydrogen-bond acceptors (Lipinski definition) is 4. The van der Waals surface area contributed by atoms with Crippen LogP contribution < -0.4 is 10.6 Å². The van der Waals surface area contributed by atoms with Gasteiger partial charge >= 0.3 is 0 Å². The Labute approximate surface area is 171 Å². The minimum absolute atomic E-state index is 0.127. The average molecular weight is 403 g/mol. The number of rotatable bonds is 8. The van der Waals surface area contributed by atoms with Crippen LogP contribution in [0.4, 0.5) is 4.39 Å². The minimum atomic E-state index is -0.213. The van der Waals surface area contributed by atoms with Gasteiger partial charge in [-0.1, -0.05) is 19.1 Å². The van der Waals surface area contributed by atoms with E-state index in [-0.39, 0.29) is 11.2 Å². The molecule has 0 bridgehead atoms. The third-order valence-corrected chi connectivity index (χ3v) is 5.45. The Kier molecular flexibility index (Phi) is 7.57. The summed E-state index contributed by atoms with van der Waals surface area (Å²) in [5.41, 5.74) is 0.997. The van der Waals surface area contributed by atoms with Gasteiger partial charge < -0.3 is 19.9 Å². The standard InChI is InChI=1S/C21H31FN6O/c1-3-19-27-26-16-28(19)12-11-24-20(23-4-2)25-15-21(9-13-29-14-10-21)17-5-7-18(22)8-6-17/h5-8,16H,3-4,9-15H2,1-2H3,(H2,23,24,25). The highest BCUT2D eigenvalue weighted by molar-refractivity contribution is 5.79. The van der Waals surface area contributed by atoms with Crippen LogP contribution in [-0.2, 0) is 23.1 Å². The highest BCUT2D eigenvalue weighted by atomic mass is 19.1. The molecule has 1 aliphatic heterocycles. The maximum atomic E-state index is 13.4. The monoisotopic (exact) mass is 402 g/mol. The lowest BCUT2D eigenvalue weighted by Crippen LogP contribution is -2.42. The molecule has 0 saturated carbocycles. The van der Waals surface area contributed by atoms with Crippen LogP contribution in [0, 0.1) is 5.82 Å². The van der Waals surface area contributed by atoms with Crippen LogP contribution >= 0.6 is 0 Å². The number of nitrogens with zero attached hydrogens (tertiary/aromatic N) is 4. The molecule has 1 aliphatic rings. The molecule has 1 fully saturated rings. The van der Waals surface area contributed by atoms with Crippen LogP contribution in [0.25, 0.3) is 0 Å². The average Bonchev–Trinajstić information content (AvgIpc) is 3.21. The number of aryl methyl sites for hydroxylation is 1. The molecule has 1 aromatic heterocycles. The molecule has 2 N–H and O–H groups in total. The quantitative estimate of drug-likeness (QED) is 0.523. The molecule has 0 radical (unpaired) electrons. The lowest BCUT2D eigenvalue weighted by atomic mass is 9.74. The topological polar surface area (TPSA) is 76.4 Å². The van der Waals surface area contributed by atoms with Crippen LogP contribution in [0.2, 0.25) is 0 Å². The molecule has 29 heavy (non-hydrogen) atoms. The fraction of sp³-hybridized carbons (Fsp3) is 0.571. The molecule has 2 heterocycles. The first kappa shape index (κ1) is 21.2. The van der Waals surface area contributed by atoms with Crippen molar-refractivity contribution in [2.75, 3.05) is 32.8 Å². The summed E-state index contributed by atoms with van der Waals surface area (Å²) in [7, 11) is 0. The Morgan fingerprint density at radius 2 is 1.97 bits per heavy atom. The number of halogens is 1. The third-order valence-electron chi connectivity index (χ3n) is 5.45. The summed E-state index contributed by atoms with van der Waals surface area (Å²) in [6.07, 6.45) is 4.37. The SMILES string of the molecule is CCNC(=NCC1(c2ccc(F)cc2)CCOCC1)NCCn1cnnc1CC. The Morgan fingerprint density at radius 3 is 2.66 bits per heavy atom. The van der Waals surface area contributed by atoms with Crippen molar-refractivity contribution in [3.05, 3.63) is 47.8 Å². The van der Waals surface area contributed by atoms with Gasteiger partial charge in [0.25, 0.3) is 0 Å². The smallest absolute Gasteiger partial charge is 0.191 e. The van der Waals surface area contributed by atoms with Crippen molar-refractivity contribution < 1.29 is 9.13 Å². The summed E-state index contributed by atoms with van der Waals surface area (Å²) in [5.74, 6) is 1.55. The number of aromatic nitrogens is 3. The lowest BCUT2D eigenvalue weighted by Gasteiger charge is -2.36. The number of aliphatic imine (C=N–C) groups is 1. The van der Waals surface area contributed by atoms with Gasteiger partial charge in [-0.25, -0.2) is 4.39 Å². The zero-order valence-electron chi connectivity index (χ0n) is 17.3. The first-order chi connectivity index (χ1) is 14.2. The molecule has 0 atom stereocenters. The van der Waals surface area contributed by atoms with E-state index in [0.717, 1.165) is 56.2 Å². The summed E-state index contributed by atoms with van der Waals surface area (Å²) >= 11 is 0. The van der Waals surface area contributed by atoms with E-state index >= 15 is 0 Å². The largest absolute Gasteiger partial charge is 0.381 e. The van der Waals surface area contributed by atoms with E-state index < -0.39 is 0 Å². The van der Waals surface area contributed by atoms with Gasteiger partial charge in [0.2, 0.25) is 0 Å². The molecule has 3 rings (SSSR count). The van der Waals surface area contributed by atoms with Gasteiger partial charge in [-0.3, -0.25) is 4.99 Å². The van der Waals surface area contributed by atoms with E-state index in [9.17, 15) is 4.39 Å². The highest BCUT2D eigenvalue weighted by Gasteiger charge is 2.34. The first-order valence-corrected chi connectivity index (χ1v) is 10.4. The Hall–Kier alpha value is -2.48. The Bertz CT molecular complexity index is 783. The van der Waals surface area contributed by atoms with E-state index in [4.69, 9.17) is 9.73 Å². The molecule has 1 aromatic carbocycles. The van der Waals surface area contributed by atoms with Gasteiger partial charge in [-0.15, -0.1) is 10.2 Å². The second-order valence-corrected chi connectivity index (χ2v) is 7.32. The second kappa shape index (κ2) is 10.3. The minimum Gasteiger partial charge on any atom is -0.381 e. The van der Waals surface area contributed by atoms with Crippen molar-refractivity contribution in [2.24, 2.45) is 4.99 Å². The fourth-order valence-electron chi connectivity index (χ4n) is 3.71. The summed E-state index contributed by atoms with van der Waals surface area (Å²) in [5, 5.41) is 14.8. The van der Waals surface area contributed by atoms with Crippen molar-refractivity contribution in [2.45, 2.75) is 45.1 Å². The van der Waals surface area contributed by atoms with E-state index in [1.54, 1.807) is 6.33 Å². The third kappa shape index (κ3) is 5.53. The molecule has 0 spiro atoms. The Morgan fingerprint density at radius 1 is 1.21 bits per heavy atom. The van der Waals surface area contributed by atoms with Crippen molar-refractivity contribution in [1.82, 2.24) is 25.4 Å². The van der Waals surface area contributed by atoms with Crippen molar-refractivity contribution in [1.29, 1.82) is 0 Å². The van der Waals surface area contributed by atoms with Crippen molar-refractivity contribution in [3.63, 3.8) is 0 Å². The molecule has 7 nitrogen and oxygen atoms in total. The maximum Gasteiger partial charge on any atom is 0.191 e.